The highest BCUT2D eigenvalue weighted by Crippen LogP contribution is 2.07. The van der Waals surface area contributed by atoms with Crippen LogP contribution in [-0.4, -0.2) is 33.5 Å². The summed E-state index contributed by atoms with van der Waals surface area (Å²) in [6.45, 7) is 1.86. The average molecular weight is 267 g/mol. The van der Waals surface area contributed by atoms with Crippen molar-refractivity contribution in [1.29, 1.82) is 0 Å². The molecule has 0 aromatic carbocycles. The molecule has 0 saturated carbocycles. The van der Waals surface area contributed by atoms with E-state index in [-0.39, 0.29) is 17.5 Å². The van der Waals surface area contributed by atoms with E-state index in [0.29, 0.717) is 17.0 Å². The molecule has 1 aromatic rings. The van der Waals surface area contributed by atoms with Crippen LogP contribution in [0.1, 0.15) is 23.7 Å². The van der Waals surface area contributed by atoms with Crippen LogP contribution in [0.25, 0.3) is 0 Å². The highest BCUT2D eigenvalue weighted by Gasteiger charge is 2.18. The number of carbonyl (C=O) groups excluding carboxylic acids is 1. The summed E-state index contributed by atoms with van der Waals surface area (Å²) in [4.78, 5) is 25.5. The zero-order chi connectivity index (χ0) is 13.9. The molecule has 0 saturated heterocycles. The molecule has 2 N–H and O–H groups in total. The Balaban J connectivity index is 2.89. The molecule has 0 aliphatic rings. The summed E-state index contributed by atoms with van der Waals surface area (Å²) < 4.78 is 1.41. The van der Waals surface area contributed by atoms with E-state index >= 15 is 0 Å². The van der Waals surface area contributed by atoms with Crippen molar-refractivity contribution in [2.45, 2.75) is 19.4 Å². The molecule has 98 valence electrons. The Morgan fingerprint density at radius 2 is 2.22 bits per heavy atom. The first-order valence-corrected chi connectivity index (χ1v) is 5.96. The molecule has 0 radical (unpaired) electrons. The summed E-state index contributed by atoms with van der Waals surface area (Å²) in [5, 5.41) is 0. The third kappa shape index (κ3) is 3.40. The molecule has 1 rings (SSSR count). The first-order chi connectivity index (χ1) is 8.32. The van der Waals surface area contributed by atoms with Gasteiger partial charge in [-0.25, -0.2) is 0 Å². The molecular weight excluding hydrogens is 250 g/mol. The minimum Gasteiger partial charge on any atom is -0.393 e. The van der Waals surface area contributed by atoms with Crippen molar-refractivity contribution in [2.75, 3.05) is 7.05 Å². The number of hydrogen-bond donors (Lipinski definition) is 1. The van der Waals surface area contributed by atoms with Gasteiger partial charge in [0.1, 0.15) is 0 Å². The van der Waals surface area contributed by atoms with Crippen LogP contribution in [0.3, 0.4) is 0 Å². The van der Waals surface area contributed by atoms with Crippen LogP contribution < -0.4 is 11.3 Å². The van der Waals surface area contributed by atoms with E-state index in [2.05, 4.69) is 0 Å². The molecule has 5 nitrogen and oxygen atoms in total. The zero-order valence-electron chi connectivity index (χ0n) is 10.7. The van der Waals surface area contributed by atoms with Crippen molar-refractivity contribution in [3.05, 3.63) is 34.2 Å². The SMILES string of the molecule is CC(CC(N)=S)N(C)C(=O)c1ccn(C)c(=O)c1. The van der Waals surface area contributed by atoms with Crippen LogP contribution >= 0.6 is 12.2 Å². The van der Waals surface area contributed by atoms with E-state index in [4.69, 9.17) is 18.0 Å². The lowest BCUT2D eigenvalue weighted by Crippen LogP contribution is -2.37. The molecule has 0 bridgehead atoms. The third-order valence-corrected chi connectivity index (χ3v) is 3.00. The molecule has 1 unspecified atom stereocenters. The number of carbonyl (C=O) groups is 1. The van der Waals surface area contributed by atoms with Gasteiger partial charge in [-0.05, 0) is 13.0 Å². The summed E-state index contributed by atoms with van der Waals surface area (Å²) in [5.74, 6) is -0.212. The number of rotatable bonds is 4. The lowest BCUT2D eigenvalue weighted by atomic mass is 10.1. The first kappa shape index (κ1) is 14.4. The van der Waals surface area contributed by atoms with Crippen LogP contribution in [0.4, 0.5) is 0 Å². The Hall–Kier alpha value is -1.69. The highest BCUT2D eigenvalue weighted by molar-refractivity contribution is 7.80. The predicted molar refractivity (Wildman–Crippen MR) is 74.6 cm³/mol. The highest BCUT2D eigenvalue weighted by atomic mass is 32.1. The standard InChI is InChI=1S/C12H17N3O2S/c1-8(6-10(13)18)15(3)12(17)9-4-5-14(2)11(16)7-9/h4-5,7-8H,6H2,1-3H3,(H2,13,18). The maximum absolute atomic E-state index is 12.1. The van der Waals surface area contributed by atoms with E-state index in [1.807, 2.05) is 6.92 Å². The fraction of sp³-hybridized carbons (Fsp3) is 0.417. The third-order valence-electron chi connectivity index (χ3n) is 2.83. The van der Waals surface area contributed by atoms with Crippen LogP contribution in [0.15, 0.2) is 23.1 Å². The minimum atomic E-state index is -0.212. The van der Waals surface area contributed by atoms with Gasteiger partial charge in [0.25, 0.3) is 11.5 Å². The van der Waals surface area contributed by atoms with E-state index in [1.165, 1.54) is 15.5 Å². The molecule has 0 fully saturated rings. The van der Waals surface area contributed by atoms with Gasteiger partial charge >= 0.3 is 0 Å². The number of amides is 1. The van der Waals surface area contributed by atoms with E-state index in [1.54, 1.807) is 26.4 Å². The van der Waals surface area contributed by atoms with Crippen molar-refractivity contribution >= 4 is 23.1 Å². The van der Waals surface area contributed by atoms with Gasteiger partial charge < -0.3 is 15.2 Å². The Kier molecular flexibility index (Phi) is 4.61. The second-order valence-electron chi connectivity index (χ2n) is 4.30. The summed E-state index contributed by atoms with van der Waals surface area (Å²) in [6.07, 6.45) is 2.03. The quantitative estimate of drug-likeness (QED) is 0.808. The van der Waals surface area contributed by atoms with Crippen LogP contribution in [0, 0.1) is 0 Å². The van der Waals surface area contributed by atoms with Crippen molar-refractivity contribution in [1.82, 2.24) is 9.47 Å². The molecule has 1 atom stereocenters. The minimum absolute atomic E-state index is 0.0981. The van der Waals surface area contributed by atoms with Crippen LogP contribution in [0.5, 0.6) is 0 Å². The second-order valence-corrected chi connectivity index (χ2v) is 4.82. The average Bonchev–Trinajstić information content (AvgIpc) is 2.30. The lowest BCUT2D eigenvalue weighted by molar-refractivity contribution is 0.0748. The van der Waals surface area contributed by atoms with Crippen molar-refractivity contribution in [3.8, 4) is 0 Å². The van der Waals surface area contributed by atoms with E-state index in [0.717, 1.165) is 0 Å². The number of hydrogen-bond acceptors (Lipinski definition) is 3. The van der Waals surface area contributed by atoms with Crippen molar-refractivity contribution in [2.24, 2.45) is 12.8 Å². The number of thiocarbonyl (C=S) groups is 1. The van der Waals surface area contributed by atoms with Gasteiger partial charge in [-0.15, -0.1) is 0 Å². The summed E-state index contributed by atoms with van der Waals surface area (Å²) in [6, 6.07) is 2.85. The van der Waals surface area contributed by atoms with E-state index in [9.17, 15) is 9.59 Å². The monoisotopic (exact) mass is 267 g/mol. The van der Waals surface area contributed by atoms with Gasteiger partial charge in [0.2, 0.25) is 0 Å². The first-order valence-electron chi connectivity index (χ1n) is 5.55. The Morgan fingerprint density at radius 1 is 1.61 bits per heavy atom. The normalized spacial score (nSPS) is 11.9. The summed E-state index contributed by atoms with van der Waals surface area (Å²) in [7, 11) is 3.30. The van der Waals surface area contributed by atoms with Gasteiger partial charge in [0.15, 0.2) is 0 Å². The second kappa shape index (κ2) is 5.77. The lowest BCUT2D eigenvalue weighted by Gasteiger charge is -2.24. The topological polar surface area (TPSA) is 68.3 Å². The molecule has 1 amide bonds. The Bertz CT molecular complexity index is 524. The van der Waals surface area contributed by atoms with Gasteiger partial charge in [-0.2, -0.15) is 0 Å². The van der Waals surface area contributed by atoms with Gasteiger partial charge in [0, 0.05) is 44.4 Å². The number of pyridine rings is 1. The fourth-order valence-electron chi connectivity index (χ4n) is 1.51. The number of aryl methyl sites for hydroxylation is 1. The molecule has 0 aliphatic heterocycles. The molecule has 18 heavy (non-hydrogen) atoms. The number of aromatic nitrogens is 1. The fourth-order valence-corrected chi connectivity index (χ4v) is 1.75. The maximum atomic E-state index is 12.1. The summed E-state index contributed by atoms with van der Waals surface area (Å²) >= 11 is 4.82. The maximum Gasteiger partial charge on any atom is 0.254 e. The number of nitrogens with two attached hydrogens (primary N) is 1. The van der Waals surface area contributed by atoms with Gasteiger partial charge in [-0.3, -0.25) is 9.59 Å². The molecule has 1 aromatic heterocycles. The molecule has 6 heteroatoms. The van der Waals surface area contributed by atoms with Crippen molar-refractivity contribution in [3.63, 3.8) is 0 Å². The largest absolute Gasteiger partial charge is 0.393 e. The van der Waals surface area contributed by atoms with Crippen LogP contribution in [0.2, 0.25) is 0 Å². The molecule has 0 aliphatic carbocycles. The molecule has 1 heterocycles. The van der Waals surface area contributed by atoms with Gasteiger partial charge in [0.05, 0.1) is 4.99 Å². The summed E-state index contributed by atoms with van der Waals surface area (Å²) in [5.41, 5.74) is 5.61. The smallest absolute Gasteiger partial charge is 0.254 e. The predicted octanol–water partition coefficient (Wildman–Crippen LogP) is 0.522. The van der Waals surface area contributed by atoms with Crippen molar-refractivity contribution < 1.29 is 4.79 Å². The molecule has 0 spiro atoms. The Morgan fingerprint density at radius 3 is 2.72 bits per heavy atom. The van der Waals surface area contributed by atoms with Crippen LogP contribution in [-0.2, 0) is 7.05 Å². The zero-order valence-corrected chi connectivity index (χ0v) is 11.5. The molecular formula is C12H17N3O2S. The van der Waals surface area contributed by atoms with Gasteiger partial charge in [-0.1, -0.05) is 12.2 Å². The Labute approximate surface area is 111 Å². The number of nitrogens with zero attached hydrogens (tertiary/aromatic N) is 2. The van der Waals surface area contributed by atoms with E-state index < -0.39 is 0 Å².